The maximum Gasteiger partial charge on any atom is 0.253 e. The Hall–Kier alpha value is -3.20. The van der Waals surface area contributed by atoms with E-state index in [0.29, 0.717) is 24.1 Å². The average Bonchev–Trinajstić information content (AvgIpc) is 3.36. The van der Waals surface area contributed by atoms with Gasteiger partial charge in [0.15, 0.2) is 0 Å². The van der Waals surface area contributed by atoms with E-state index < -0.39 is 5.82 Å². The van der Waals surface area contributed by atoms with E-state index in [0.717, 1.165) is 30.0 Å². The lowest BCUT2D eigenvalue weighted by Crippen LogP contribution is -2.37. The van der Waals surface area contributed by atoms with E-state index >= 15 is 0 Å². The Balaban J connectivity index is 1.41. The van der Waals surface area contributed by atoms with Crippen molar-refractivity contribution in [3.8, 4) is 11.5 Å². The quantitative estimate of drug-likeness (QED) is 0.660. The number of methoxy groups -OCH3 is 2. The number of nitrogens with one attached hydrogen (secondary N) is 2. The molecule has 2 aromatic carbocycles. The molecule has 0 spiro atoms. The molecule has 1 aliphatic heterocycles. The summed E-state index contributed by atoms with van der Waals surface area (Å²) >= 11 is 0. The van der Waals surface area contributed by atoms with Gasteiger partial charge in [0.1, 0.15) is 28.3 Å². The summed E-state index contributed by atoms with van der Waals surface area (Å²) in [5.41, 5.74) is 1.95. The third-order valence-electron chi connectivity index (χ3n) is 5.06. The van der Waals surface area contributed by atoms with E-state index in [2.05, 4.69) is 25.6 Å². The molecule has 1 fully saturated rings. The van der Waals surface area contributed by atoms with Crippen LogP contribution in [-0.4, -0.2) is 59.6 Å². The summed E-state index contributed by atoms with van der Waals surface area (Å²) in [5, 5.41) is 13.2. The van der Waals surface area contributed by atoms with Crippen LogP contribution in [0.1, 0.15) is 22.3 Å². The Morgan fingerprint density at radius 2 is 1.97 bits per heavy atom. The number of nitrogens with zero attached hydrogens (tertiary/aromatic N) is 3. The van der Waals surface area contributed by atoms with Crippen LogP contribution in [0.5, 0.6) is 11.5 Å². The molecule has 1 aromatic heterocycles. The van der Waals surface area contributed by atoms with Gasteiger partial charge in [-0.15, -0.1) is 0 Å². The van der Waals surface area contributed by atoms with E-state index in [-0.39, 0.29) is 17.5 Å². The number of halogens is 1. The molecule has 1 atom stereocenters. The summed E-state index contributed by atoms with van der Waals surface area (Å²) in [6, 6.07) is 8.19. The van der Waals surface area contributed by atoms with Crippen molar-refractivity contribution in [1.29, 1.82) is 0 Å². The van der Waals surface area contributed by atoms with E-state index in [9.17, 15) is 9.18 Å². The molecule has 9 heteroatoms. The molecule has 1 aliphatic rings. The van der Waals surface area contributed by atoms with Crippen LogP contribution in [0.25, 0.3) is 11.0 Å². The largest absolute Gasteiger partial charge is 0.497 e. The van der Waals surface area contributed by atoms with Gasteiger partial charge in [0, 0.05) is 37.8 Å². The maximum atomic E-state index is 13.8. The number of rotatable bonds is 6. The Morgan fingerprint density at radius 1 is 1.21 bits per heavy atom. The number of carbonyl (C=O) groups is 1. The minimum absolute atomic E-state index is 0.0276. The molecular formula is C20H22FN5O3. The number of hydrogen-bond acceptors (Lipinski definition) is 6. The Labute approximate surface area is 167 Å². The molecule has 8 nitrogen and oxygen atoms in total. The molecule has 2 heterocycles. The summed E-state index contributed by atoms with van der Waals surface area (Å²) in [5.74, 6) is 0.618. The molecule has 29 heavy (non-hydrogen) atoms. The smallest absolute Gasteiger partial charge is 0.253 e. The molecule has 3 aromatic rings. The molecule has 1 saturated heterocycles. The van der Waals surface area contributed by atoms with Gasteiger partial charge in [0.05, 0.1) is 19.8 Å². The van der Waals surface area contributed by atoms with E-state index in [1.54, 1.807) is 14.2 Å². The number of H-pyrrole nitrogens is 1. The average molecular weight is 399 g/mol. The molecule has 1 unspecified atom stereocenters. The van der Waals surface area contributed by atoms with Crippen molar-refractivity contribution in [2.45, 2.75) is 19.0 Å². The van der Waals surface area contributed by atoms with Crippen LogP contribution in [0.3, 0.4) is 0 Å². The van der Waals surface area contributed by atoms with Gasteiger partial charge in [0.2, 0.25) is 0 Å². The number of aromatic amines is 1. The lowest BCUT2D eigenvalue weighted by atomic mass is 10.1. The monoisotopic (exact) mass is 399 g/mol. The maximum absolute atomic E-state index is 13.8. The van der Waals surface area contributed by atoms with Gasteiger partial charge in [0.25, 0.3) is 5.91 Å². The van der Waals surface area contributed by atoms with Crippen LogP contribution in [0.2, 0.25) is 0 Å². The van der Waals surface area contributed by atoms with Gasteiger partial charge >= 0.3 is 0 Å². The van der Waals surface area contributed by atoms with Gasteiger partial charge in [-0.1, -0.05) is 0 Å². The highest BCUT2D eigenvalue weighted by molar-refractivity contribution is 6.04. The number of benzene rings is 2. The van der Waals surface area contributed by atoms with Crippen LogP contribution in [0.15, 0.2) is 30.3 Å². The van der Waals surface area contributed by atoms with Gasteiger partial charge in [-0.25, -0.2) is 4.39 Å². The van der Waals surface area contributed by atoms with Crippen molar-refractivity contribution in [3.63, 3.8) is 0 Å². The molecule has 2 N–H and O–H groups in total. The van der Waals surface area contributed by atoms with E-state index in [1.807, 2.05) is 18.2 Å². The van der Waals surface area contributed by atoms with E-state index in [4.69, 9.17) is 9.47 Å². The molecule has 1 amide bonds. The van der Waals surface area contributed by atoms with Crippen molar-refractivity contribution < 1.29 is 18.7 Å². The highest BCUT2D eigenvalue weighted by Crippen LogP contribution is 2.25. The third-order valence-corrected chi connectivity index (χ3v) is 5.06. The molecule has 0 bridgehead atoms. The molecule has 4 rings (SSSR count). The second kappa shape index (κ2) is 8.04. The van der Waals surface area contributed by atoms with Crippen LogP contribution < -0.4 is 14.8 Å². The lowest BCUT2D eigenvalue weighted by molar-refractivity contribution is 0.0938. The van der Waals surface area contributed by atoms with Gasteiger partial charge < -0.3 is 14.8 Å². The first-order valence-corrected chi connectivity index (χ1v) is 9.31. The van der Waals surface area contributed by atoms with Gasteiger partial charge in [-0.2, -0.15) is 15.4 Å². The van der Waals surface area contributed by atoms with Crippen LogP contribution in [0, 0.1) is 5.82 Å². The minimum Gasteiger partial charge on any atom is -0.497 e. The lowest BCUT2D eigenvalue weighted by Gasteiger charge is -2.18. The fourth-order valence-corrected chi connectivity index (χ4v) is 3.66. The van der Waals surface area contributed by atoms with Crippen LogP contribution in [-0.2, 0) is 6.54 Å². The summed E-state index contributed by atoms with van der Waals surface area (Å²) in [6.45, 7) is 2.25. The summed E-state index contributed by atoms with van der Waals surface area (Å²) in [6.07, 6.45) is 0.810. The second-order valence-electron chi connectivity index (χ2n) is 7.06. The number of likely N-dealkylation sites (tertiary alicyclic amines) is 1. The van der Waals surface area contributed by atoms with Gasteiger partial charge in [-0.3, -0.25) is 9.69 Å². The van der Waals surface area contributed by atoms with E-state index in [1.165, 1.54) is 12.1 Å². The molecule has 152 valence electrons. The fraction of sp³-hybridized carbons (Fsp3) is 0.350. The minimum atomic E-state index is -0.517. The molecule has 0 radical (unpaired) electrons. The highest BCUT2D eigenvalue weighted by Gasteiger charge is 2.26. The van der Waals surface area contributed by atoms with Gasteiger partial charge in [-0.05, 0) is 30.2 Å². The standard InChI is InChI=1S/C20H22FN5O3/c1-28-15-5-12(6-16(9-15)29-2)10-26-4-3-14(11-26)22-20(27)17-7-13(21)8-18-19(17)24-25-23-18/h5-9,14H,3-4,10-11H2,1-2H3,(H,22,27)(H,23,24,25). The summed E-state index contributed by atoms with van der Waals surface area (Å²) in [7, 11) is 3.25. The summed E-state index contributed by atoms with van der Waals surface area (Å²) in [4.78, 5) is 14.9. The zero-order valence-electron chi connectivity index (χ0n) is 16.2. The first kappa shape index (κ1) is 19.1. The molecule has 0 saturated carbocycles. The first-order valence-electron chi connectivity index (χ1n) is 9.31. The number of hydrogen-bond donors (Lipinski definition) is 2. The van der Waals surface area contributed by atoms with Crippen molar-refractivity contribution in [2.75, 3.05) is 27.3 Å². The topological polar surface area (TPSA) is 92.4 Å². The normalized spacial score (nSPS) is 16.9. The number of amides is 1. The number of ether oxygens (including phenoxy) is 2. The van der Waals surface area contributed by atoms with Crippen molar-refractivity contribution in [2.24, 2.45) is 0 Å². The third kappa shape index (κ3) is 4.14. The second-order valence-corrected chi connectivity index (χ2v) is 7.06. The van der Waals surface area contributed by atoms with Crippen molar-refractivity contribution in [3.05, 3.63) is 47.3 Å². The van der Waals surface area contributed by atoms with Crippen LogP contribution >= 0.6 is 0 Å². The Bertz CT molecular complexity index is 1020. The predicted octanol–water partition coefficient (Wildman–Crippen LogP) is 2.12. The summed E-state index contributed by atoms with van der Waals surface area (Å²) < 4.78 is 24.4. The first-order chi connectivity index (χ1) is 14.1. The SMILES string of the molecule is COc1cc(CN2CCC(NC(=O)c3cc(F)cc4n[nH]nc34)C2)cc(OC)c1. The number of aromatic nitrogens is 3. The zero-order valence-corrected chi connectivity index (χ0v) is 16.2. The Morgan fingerprint density at radius 3 is 2.69 bits per heavy atom. The highest BCUT2D eigenvalue weighted by atomic mass is 19.1. The molecular weight excluding hydrogens is 377 g/mol. The Kier molecular flexibility index (Phi) is 5.30. The number of fused-ring (bicyclic) bond motifs is 1. The fourth-order valence-electron chi connectivity index (χ4n) is 3.66. The zero-order chi connectivity index (χ0) is 20.4. The number of carbonyl (C=O) groups excluding carboxylic acids is 1. The van der Waals surface area contributed by atoms with Crippen molar-refractivity contribution in [1.82, 2.24) is 25.6 Å². The van der Waals surface area contributed by atoms with Crippen LogP contribution in [0.4, 0.5) is 4.39 Å². The van der Waals surface area contributed by atoms with Crippen molar-refractivity contribution >= 4 is 16.9 Å². The molecule has 0 aliphatic carbocycles. The predicted molar refractivity (Wildman–Crippen MR) is 105 cm³/mol.